The van der Waals surface area contributed by atoms with Crippen molar-refractivity contribution < 1.29 is 17.9 Å². The first-order valence-electron chi connectivity index (χ1n) is 7.38. The van der Waals surface area contributed by atoms with E-state index in [0.717, 1.165) is 0 Å². The van der Waals surface area contributed by atoms with Gasteiger partial charge in [0.15, 0.2) is 0 Å². The van der Waals surface area contributed by atoms with Crippen LogP contribution in [0.5, 0.6) is 5.75 Å². The second kappa shape index (κ2) is 6.22. The van der Waals surface area contributed by atoms with Crippen molar-refractivity contribution in [1.82, 2.24) is 0 Å². The van der Waals surface area contributed by atoms with E-state index in [0.29, 0.717) is 30.2 Å². The number of hydrogen-bond donors (Lipinski definition) is 0. The Morgan fingerprint density at radius 2 is 1.87 bits per heavy atom. The third kappa shape index (κ3) is 3.33. The van der Waals surface area contributed by atoms with Gasteiger partial charge < -0.3 is 9.47 Å². The van der Waals surface area contributed by atoms with Gasteiger partial charge in [0.25, 0.3) is 10.0 Å². The number of epoxide rings is 1. The van der Waals surface area contributed by atoms with Crippen LogP contribution in [0.4, 0.5) is 5.69 Å². The fourth-order valence-electron chi connectivity index (χ4n) is 2.30. The molecule has 2 aromatic rings. The van der Waals surface area contributed by atoms with Crippen molar-refractivity contribution in [2.75, 3.05) is 24.6 Å². The number of ether oxygens (including phenoxy) is 2. The Hall–Kier alpha value is -2.05. The SMILES string of the molecule is Cc1c(OCC2CO2)cccc1S(=O)(=O)N(C)c1ccccc1. The van der Waals surface area contributed by atoms with E-state index in [-0.39, 0.29) is 11.0 Å². The molecule has 1 unspecified atom stereocenters. The van der Waals surface area contributed by atoms with Gasteiger partial charge in [-0.1, -0.05) is 24.3 Å². The Labute approximate surface area is 136 Å². The van der Waals surface area contributed by atoms with Crippen molar-refractivity contribution in [3.8, 4) is 5.75 Å². The summed E-state index contributed by atoms with van der Waals surface area (Å²) < 4.78 is 37.9. The van der Waals surface area contributed by atoms with E-state index in [9.17, 15) is 8.42 Å². The minimum atomic E-state index is -3.65. The summed E-state index contributed by atoms with van der Waals surface area (Å²) in [5.74, 6) is 0.572. The largest absolute Gasteiger partial charge is 0.490 e. The molecule has 1 atom stereocenters. The molecule has 1 aliphatic rings. The van der Waals surface area contributed by atoms with Gasteiger partial charge in [0.2, 0.25) is 0 Å². The Morgan fingerprint density at radius 3 is 2.52 bits per heavy atom. The fourth-order valence-corrected chi connectivity index (χ4v) is 3.73. The molecule has 5 nitrogen and oxygen atoms in total. The van der Waals surface area contributed by atoms with Crippen LogP contribution in [0.1, 0.15) is 5.56 Å². The smallest absolute Gasteiger partial charge is 0.264 e. The van der Waals surface area contributed by atoms with Gasteiger partial charge in [0, 0.05) is 12.6 Å². The molecule has 0 saturated carbocycles. The molecule has 2 aromatic carbocycles. The van der Waals surface area contributed by atoms with Crippen molar-refractivity contribution in [2.24, 2.45) is 0 Å². The lowest BCUT2D eigenvalue weighted by atomic mass is 10.2. The Kier molecular flexibility index (Phi) is 4.28. The number of rotatable bonds is 6. The zero-order chi connectivity index (χ0) is 16.4. The van der Waals surface area contributed by atoms with Gasteiger partial charge in [-0.2, -0.15) is 0 Å². The highest BCUT2D eigenvalue weighted by Gasteiger charge is 2.26. The minimum Gasteiger partial charge on any atom is -0.490 e. The van der Waals surface area contributed by atoms with Crippen LogP contribution in [-0.2, 0) is 14.8 Å². The summed E-state index contributed by atoms with van der Waals surface area (Å²) in [5.41, 5.74) is 1.22. The second-order valence-corrected chi connectivity index (χ2v) is 7.39. The van der Waals surface area contributed by atoms with E-state index in [2.05, 4.69) is 0 Å². The van der Waals surface area contributed by atoms with E-state index in [1.165, 1.54) is 4.31 Å². The molecule has 1 heterocycles. The maximum atomic E-state index is 12.9. The summed E-state index contributed by atoms with van der Waals surface area (Å²) in [7, 11) is -2.09. The molecule has 0 amide bonds. The summed E-state index contributed by atoms with van der Waals surface area (Å²) in [6.45, 7) is 2.90. The number of para-hydroxylation sites is 1. The lowest BCUT2D eigenvalue weighted by molar-refractivity contribution is 0.261. The number of nitrogens with zero attached hydrogens (tertiary/aromatic N) is 1. The van der Waals surface area contributed by atoms with E-state index in [1.54, 1.807) is 44.3 Å². The van der Waals surface area contributed by atoms with Gasteiger partial charge in [-0.05, 0) is 31.2 Å². The van der Waals surface area contributed by atoms with Crippen molar-refractivity contribution in [2.45, 2.75) is 17.9 Å². The second-order valence-electron chi connectivity index (χ2n) is 5.45. The van der Waals surface area contributed by atoms with Crippen molar-refractivity contribution in [1.29, 1.82) is 0 Å². The zero-order valence-corrected chi connectivity index (χ0v) is 13.9. The first-order valence-corrected chi connectivity index (χ1v) is 8.82. The molecule has 23 heavy (non-hydrogen) atoms. The summed E-state index contributed by atoms with van der Waals surface area (Å²) in [6.07, 6.45) is 0.127. The van der Waals surface area contributed by atoms with Crippen LogP contribution in [-0.4, -0.2) is 34.8 Å². The molecule has 0 bridgehead atoms. The van der Waals surface area contributed by atoms with Crippen LogP contribution in [0, 0.1) is 6.92 Å². The van der Waals surface area contributed by atoms with Gasteiger partial charge in [-0.25, -0.2) is 8.42 Å². The summed E-state index contributed by atoms with van der Waals surface area (Å²) in [4.78, 5) is 0.248. The molecule has 1 aliphatic heterocycles. The average Bonchev–Trinajstić information content (AvgIpc) is 3.38. The highest BCUT2D eigenvalue weighted by atomic mass is 32.2. The maximum absolute atomic E-state index is 12.9. The zero-order valence-electron chi connectivity index (χ0n) is 13.1. The van der Waals surface area contributed by atoms with Crippen molar-refractivity contribution in [3.05, 3.63) is 54.1 Å². The predicted molar refractivity (Wildman–Crippen MR) is 88.4 cm³/mol. The van der Waals surface area contributed by atoms with Crippen LogP contribution in [0.15, 0.2) is 53.4 Å². The average molecular weight is 333 g/mol. The lowest BCUT2D eigenvalue weighted by Gasteiger charge is -2.21. The molecule has 0 aliphatic carbocycles. The summed E-state index contributed by atoms with van der Waals surface area (Å²) in [5, 5.41) is 0. The normalized spacial score (nSPS) is 16.9. The van der Waals surface area contributed by atoms with Gasteiger partial charge in [-0.15, -0.1) is 0 Å². The van der Waals surface area contributed by atoms with Gasteiger partial charge in [-0.3, -0.25) is 4.31 Å². The minimum absolute atomic E-state index is 0.127. The van der Waals surface area contributed by atoms with Gasteiger partial charge in [0.1, 0.15) is 18.5 Å². The molecule has 0 N–H and O–H groups in total. The highest BCUT2D eigenvalue weighted by Crippen LogP contribution is 2.29. The summed E-state index contributed by atoms with van der Waals surface area (Å²) >= 11 is 0. The number of hydrogen-bond acceptors (Lipinski definition) is 4. The highest BCUT2D eigenvalue weighted by molar-refractivity contribution is 7.92. The lowest BCUT2D eigenvalue weighted by Crippen LogP contribution is -2.27. The number of anilines is 1. The third-order valence-corrected chi connectivity index (χ3v) is 5.75. The fraction of sp³-hybridized carbons (Fsp3) is 0.294. The van der Waals surface area contributed by atoms with Crippen LogP contribution < -0.4 is 9.04 Å². The molecule has 1 saturated heterocycles. The summed E-state index contributed by atoms with van der Waals surface area (Å²) in [6, 6.07) is 14.1. The Bertz CT molecular complexity index is 785. The maximum Gasteiger partial charge on any atom is 0.264 e. The van der Waals surface area contributed by atoms with Crippen LogP contribution >= 0.6 is 0 Å². The topological polar surface area (TPSA) is 59.1 Å². The molecular weight excluding hydrogens is 314 g/mol. The van der Waals surface area contributed by atoms with E-state index in [4.69, 9.17) is 9.47 Å². The molecule has 0 spiro atoms. The monoisotopic (exact) mass is 333 g/mol. The molecule has 0 radical (unpaired) electrons. The van der Waals surface area contributed by atoms with Crippen LogP contribution in [0.25, 0.3) is 0 Å². The standard InChI is InChI=1S/C17H19NO4S/c1-13-16(22-12-15-11-21-15)9-6-10-17(13)23(19,20)18(2)14-7-4-3-5-8-14/h3-10,15H,11-12H2,1-2H3. The molecule has 122 valence electrons. The van der Waals surface area contributed by atoms with E-state index in [1.807, 2.05) is 18.2 Å². The van der Waals surface area contributed by atoms with Gasteiger partial charge >= 0.3 is 0 Å². The number of benzene rings is 2. The third-order valence-electron chi connectivity index (χ3n) is 3.82. The van der Waals surface area contributed by atoms with Gasteiger partial charge in [0.05, 0.1) is 17.2 Å². The predicted octanol–water partition coefficient (Wildman–Crippen LogP) is 2.60. The molecule has 1 fully saturated rings. The molecule has 3 rings (SSSR count). The van der Waals surface area contributed by atoms with Crippen LogP contribution in [0.3, 0.4) is 0 Å². The first kappa shape index (κ1) is 15.8. The van der Waals surface area contributed by atoms with E-state index < -0.39 is 10.0 Å². The Morgan fingerprint density at radius 1 is 1.17 bits per heavy atom. The van der Waals surface area contributed by atoms with Crippen molar-refractivity contribution >= 4 is 15.7 Å². The first-order chi connectivity index (χ1) is 11.0. The number of sulfonamides is 1. The quantitative estimate of drug-likeness (QED) is 0.763. The molecule has 0 aromatic heterocycles. The van der Waals surface area contributed by atoms with Crippen LogP contribution in [0.2, 0.25) is 0 Å². The molecule has 6 heteroatoms. The van der Waals surface area contributed by atoms with Crippen molar-refractivity contribution in [3.63, 3.8) is 0 Å². The molecular formula is C17H19NO4S. The van der Waals surface area contributed by atoms with E-state index >= 15 is 0 Å². The Balaban J connectivity index is 1.91.